The van der Waals surface area contributed by atoms with Crippen molar-refractivity contribution in [2.45, 2.75) is 18.1 Å². The first-order valence-electron chi connectivity index (χ1n) is 9.26. The molecule has 0 spiro atoms. The van der Waals surface area contributed by atoms with Crippen LogP contribution in [0.4, 0.5) is 13.2 Å². The highest BCUT2D eigenvalue weighted by Gasteiger charge is 2.64. The van der Waals surface area contributed by atoms with Gasteiger partial charge in [0.05, 0.1) is 17.5 Å². The summed E-state index contributed by atoms with van der Waals surface area (Å²) in [5, 5.41) is 9.30. The van der Waals surface area contributed by atoms with Crippen LogP contribution in [0.25, 0.3) is 11.1 Å². The fourth-order valence-electron chi connectivity index (χ4n) is 4.22. The SMILES string of the molecule is NC[C@@H]1[C@H](CO)CN1C(=O)[C@@H]1CC1(F)c1ccccc1-c1c(F)cccc1F. The second-order valence-electron chi connectivity index (χ2n) is 7.50. The molecule has 7 heteroatoms. The van der Waals surface area contributed by atoms with E-state index >= 15 is 4.39 Å². The Morgan fingerprint density at radius 1 is 1.18 bits per heavy atom. The lowest BCUT2D eigenvalue weighted by atomic mass is 9.88. The number of carbonyl (C=O) groups excluding carboxylic acids is 1. The van der Waals surface area contributed by atoms with E-state index in [4.69, 9.17) is 5.73 Å². The van der Waals surface area contributed by atoms with E-state index in [2.05, 4.69) is 0 Å². The molecule has 2 aromatic carbocycles. The van der Waals surface area contributed by atoms with Crippen LogP contribution in [-0.2, 0) is 10.5 Å². The summed E-state index contributed by atoms with van der Waals surface area (Å²) in [5.41, 5.74) is 3.63. The van der Waals surface area contributed by atoms with E-state index in [1.165, 1.54) is 23.1 Å². The number of benzene rings is 2. The second kappa shape index (κ2) is 6.90. The fourth-order valence-corrected chi connectivity index (χ4v) is 4.22. The minimum atomic E-state index is -1.98. The maximum absolute atomic E-state index is 15.7. The van der Waals surface area contributed by atoms with Crippen LogP contribution in [0.15, 0.2) is 42.5 Å². The van der Waals surface area contributed by atoms with E-state index in [1.807, 2.05) is 0 Å². The zero-order valence-electron chi connectivity index (χ0n) is 15.1. The van der Waals surface area contributed by atoms with Gasteiger partial charge in [-0.15, -0.1) is 0 Å². The van der Waals surface area contributed by atoms with Gasteiger partial charge in [-0.25, -0.2) is 13.2 Å². The van der Waals surface area contributed by atoms with E-state index in [-0.39, 0.29) is 54.1 Å². The lowest BCUT2D eigenvalue weighted by Crippen LogP contribution is -2.63. The maximum Gasteiger partial charge on any atom is 0.229 e. The molecule has 1 unspecified atom stereocenters. The topological polar surface area (TPSA) is 66.6 Å². The van der Waals surface area contributed by atoms with Crippen molar-refractivity contribution in [3.63, 3.8) is 0 Å². The van der Waals surface area contributed by atoms with Crippen LogP contribution in [0, 0.1) is 23.5 Å². The van der Waals surface area contributed by atoms with Crippen LogP contribution in [0.2, 0.25) is 0 Å². The Kier molecular flexibility index (Phi) is 4.67. The second-order valence-corrected chi connectivity index (χ2v) is 7.50. The van der Waals surface area contributed by atoms with Crippen LogP contribution >= 0.6 is 0 Å². The summed E-state index contributed by atoms with van der Waals surface area (Å²) in [6, 6.07) is 9.30. The summed E-state index contributed by atoms with van der Waals surface area (Å²) >= 11 is 0. The summed E-state index contributed by atoms with van der Waals surface area (Å²) in [6.07, 6.45) is -0.0451. The quantitative estimate of drug-likeness (QED) is 0.825. The van der Waals surface area contributed by atoms with Crippen molar-refractivity contribution in [2.24, 2.45) is 17.6 Å². The van der Waals surface area contributed by atoms with Crippen LogP contribution in [0.1, 0.15) is 12.0 Å². The molecule has 4 atom stereocenters. The maximum atomic E-state index is 15.7. The molecule has 4 rings (SSSR count). The standard InChI is InChI=1S/C21H21F3N2O2/c22-16-6-3-7-17(23)19(16)13-4-1-2-5-14(13)21(24)8-15(21)20(28)26-10-12(11-27)18(26)9-25/h1-7,12,15,18,27H,8-11,25H2/t12-,15-,18+,21?/m0/s1. The van der Waals surface area contributed by atoms with E-state index in [0.29, 0.717) is 6.54 Å². The Labute approximate surface area is 160 Å². The normalized spacial score (nSPS) is 28.8. The monoisotopic (exact) mass is 390 g/mol. The summed E-state index contributed by atoms with van der Waals surface area (Å²) in [6.45, 7) is 0.458. The third-order valence-electron chi connectivity index (χ3n) is 5.93. The third-order valence-corrected chi connectivity index (χ3v) is 5.93. The number of halogens is 3. The van der Waals surface area contributed by atoms with Gasteiger partial charge in [-0.05, 0) is 23.3 Å². The summed E-state index contributed by atoms with van der Waals surface area (Å²) in [7, 11) is 0. The van der Waals surface area contributed by atoms with Gasteiger partial charge in [-0.2, -0.15) is 0 Å². The molecule has 2 aromatic rings. The van der Waals surface area contributed by atoms with Crippen molar-refractivity contribution in [3.8, 4) is 11.1 Å². The molecule has 1 heterocycles. The number of hydrogen-bond acceptors (Lipinski definition) is 3. The van der Waals surface area contributed by atoms with Crippen molar-refractivity contribution >= 4 is 5.91 Å². The number of hydrogen-bond donors (Lipinski definition) is 2. The zero-order chi connectivity index (χ0) is 20.1. The highest BCUT2D eigenvalue weighted by Crippen LogP contribution is 2.59. The molecule has 1 saturated carbocycles. The van der Waals surface area contributed by atoms with Crippen molar-refractivity contribution < 1.29 is 23.1 Å². The highest BCUT2D eigenvalue weighted by molar-refractivity contribution is 5.86. The molecule has 28 heavy (non-hydrogen) atoms. The van der Waals surface area contributed by atoms with Gasteiger partial charge < -0.3 is 15.7 Å². The molecule has 1 amide bonds. The highest BCUT2D eigenvalue weighted by atomic mass is 19.1. The number of amides is 1. The van der Waals surface area contributed by atoms with E-state index in [1.54, 1.807) is 12.1 Å². The molecule has 1 aliphatic carbocycles. The average molecular weight is 390 g/mol. The first-order chi connectivity index (χ1) is 13.4. The molecule has 4 nitrogen and oxygen atoms in total. The van der Waals surface area contributed by atoms with Crippen molar-refractivity contribution in [3.05, 3.63) is 59.7 Å². The lowest BCUT2D eigenvalue weighted by molar-refractivity contribution is -0.147. The molecular formula is C21H21F3N2O2. The van der Waals surface area contributed by atoms with Crippen LogP contribution in [0.3, 0.4) is 0 Å². The minimum Gasteiger partial charge on any atom is -0.396 e. The Morgan fingerprint density at radius 3 is 2.50 bits per heavy atom. The molecule has 2 aliphatic rings. The predicted octanol–water partition coefficient (Wildman–Crippen LogP) is 2.59. The number of alkyl halides is 1. The molecular weight excluding hydrogens is 369 g/mol. The van der Waals surface area contributed by atoms with Gasteiger partial charge in [0.15, 0.2) is 0 Å². The average Bonchev–Trinajstić information content (AvgIpc) is 3.35. The number of aliphatic hydroxyl groups is 1. The fraction of sp³-hybridized carbons (Fsp3) is 0.381. The Morgan fingerprint density at radius 2 is 1.86 bits per heavy atom. The first-order valence-corrected chi connectivity index (χ1v) is 9.26. The van der Waals surface area contributed by atoms with Crippen LogP contribution < -0.4 is 5.73 Å². The van der Waals surface area contributed by atoms with Gasteiger partial charge >= 0.3 is 0 Å². The van der Waals surface area contributed by atoms with Gasteiger partial charge in [0.25, 0.3) is 0 Å². The van der Waals surface area contributed by atoms with E-state index in [9.17, 15) is 18.7 Å². The Balaban J connectivity index is 1.64. The van der Waals surface area contributed by atoms with Gasteiger partial charge in [-0.1, -0.05) is 30.3 Å². The number of carbonyl (C=O) groups is 1. The molecule has 0 bridgehead atoms. The molecule has 2 fully saturated rings. The van der Waals surface area contributed by atoms with E-state index < -0.39 is 23.2 Å². The number of nitrogens with zero attached hydrogens (tertiary/aromatic N) is 1. The molecule has 148 valence electrons. The van der Waals surface area contributed by atoms with Gasteiger partial charge in [0.1, 0.15) is 17.3 Å². The zero-order valence-corrected chi connectivity index (χ0v) is 15.1. The van der Waals surface area contributed by atoms with Gasteiger partial charge in [0, 0.05) is 32.0 Å². The van der Waals surface area contributed by atoms with Gasteiger partial charge in [0.2, 0.25) is 5.91 Å². The van der Waals surface area contributed by atoms with Crippen molar-refractivity contribution in [1.82, 2.24) is 4.90 Å². The third kappa shape index (κ3) is 2.81. The number of aliphatic hydroxyl groups excluding tert-OH is 1. The first kappa shape index (κ1) is 19.0. The van der Waals surface area contributed by atoms with Crippen LogP contribution in [0.5, 0.6) is 0 Å². The summed E-state index contributed by atoms with van der Waals surface area (Å²) < 4.78 is 44.3. The molecule has 0 radical (unpaired) electrons. The smallest absolute Gasteiger partial charge is 0.229 e. The Hall–Kier alpha value is -2.38. The minimum absolute atomic E-state index is 0.0451. The summed E-state index contributed by atoms with van der Waals surface area (Å²) in [5.74, 6) is -2.95. The van der Waals surface area contributed by atoms with Gasteiger partial charge in [-0.3, -0.25) is 4.79 Å². The largest absolute Gasteiger partial charge is 0.396 e. The summed E-state index contributed by atoms with van der Waals surface area (Å²) in [4.78, 5) is 14.3. The number of rotatable bonds is 5. The van der Waals surface area contributed by atoms with Crippen molar-refractivity contribution in [1.29, 1.82) is 0 Å². The number of likely N-dealkylation sites (tertiary alicyclic amines) is 1. The Bertz CT molecular complexity index is 902. The van der Waals surface area contributed by atoms with E-state index in [0.717, 1.165) is 12.1 Å². The molecule has 1 saturated heterocycles. The van der Waals surface area contributed by atoms with Crippen molar-refractivity contribution in [2.75, 3.05) is 19.7 Å². The molecule has 0 aromatic heterocycles. The molecule has 3 N–H and O–H groups in total. The molecule has 1 aliphatic heterocycles. The van der Waals surface area contributed by atoms with Crippen LogP contribution in [-0.4, -0.2) is 41.7 Å². The lowest BCUT2D eigenvalue weighted by Gasteiger charge is -2.47. The number of nitrogens with two attached hydrogens (primary N) is 1. The predicted molar refractivity (Wildman–Crippen MR) is 97.8 cm³/mol.